The van der Waals surface area contributed by atoms with Gasteiger partial charge < -0.3 is 14.7 Å². The number of nitrogens with zero attached hydrogens (tertiary/aromatic N) is 7. The highest BCUT2D eigenvalue weighted by Gasteiger charge is 2.30. The van der Waals surface area contributed by atoms with E-state index in [0.29, 0.717) is 0 Å². The maximum Gasteiger partial charge on any atom is 0.114 e. The zero-order chi connectivity index (χ0) is 85.7. The maximum absolute atomic E-state index is 5.62. The van der Waals surface area contributed by atoms with Crippen molar-refractivity contribution >= 4 is 131 Å². The van der Waals surface area contributed by atoms with Crippen molar-refractivity contribution < 1.29 is 0 Å². The molecular formula is C114H123N7S5. The summed E-state index contributed by atoms with van der Waals surface area (Å²) in [6.45, 7) is 6.95. The number of thiophene rings is 3. The van der Waals surface area contributed by atoms with Crippen molar-refractivity contribution in [2.24, 2.45) is 0 Å². The molecule has 0 unspecified atom stereocenters. The Kier molecular flexibility index (Phi) is 32.7. The molecule has 0 saturated heterocycles. The molecule has 0 radical (unpaired) electrons. The van der Waals surface area contributed by atoms with Gasteiger partial charge in [-0.1, -0.05) is 346 Å². The van der Waals surface area contributed by atoms with E-state index >= 15 is 0 Å². The van der Waals surface area contributed by atoms with Crippen LogP contribution in [0, 0.1) is 0 Å². The Hall–Kier alpha value is -10.4. The molecular weight excluding hydrogens is 1630 g/mol. The molecule has 0 atom stereocenters. The summed E-state index contributed by atoms with van der Waals surface area (Å²) in [5, 5.41) is 0. The fraction of sp³-hybridized carbons (Fsp3) is 0.316. The number of fused-ring (bicyclic) bond motifs is 2. The van der Waals surface area contributed by atoms with E-state index in [2.05, 4.69) is 327 Å². The molecule has 5 aromatic heterocycles. The Bertz CT molecular complexity index is 5820. The van der Waals surface area contributed by atoms with Crippen molar-refractivity contribution in [2.45, 2.75) is 233 Å². The molecule has 0 aliphatic carbocycles. The quantitative estimate of drug-likeness (QED) is 0.0352. The second-order valence-corrected chi connectivity index (χ2v) is 38.5. The lowest BCUT2D eigenvalue weighted by atomic mass is 9.89. The Balaban J connectivity index is 0.854. The number of aromatic nitrogens is 4. The van der Waals surface area contributed by atoms with Crippen LogP contribution < -0.4 is 14.7 Å². The minimum Gasteiger partial charge on any atom is -0.311 e. The Morgan fingerprint density at radius 3 is 0.802 bits per heavy atom. The Morgan fingerprint density at radius 1 is 0.214 bits per heavy atom. The molecule has 16 aromatic rings. The maximum atomic E-state index is 5.62. The molecule has 5 heterocycles. The number of benzene rings is 11. The van der Waals surface area contributed by atoms with Crippen molar-refractivity contribution in [1.29, 1.82) is 0 Å². The van der Waals surface area contributed by atoms with Crippen LogP contribution in [0.15, 0.2) is 291 Å². The lowest BCUT2D eigenvalue weighted by Crippen LogP contribution is -2.09. The molecule has 16 rings (SSSR count). The summed E-state index contributed by atoms with van der Waals surface area (Å²) in [5.74, 6) is 0. The smallest absolute Gasteiger partial charge is 0.114 e. The van der Waals surface area contributed by atoms with E-state index < -0.39 is 0 Å². The molecule has 0 fully saturated rings. The molecule has 126 heavy (non-hydrogen) atoms. The van der Waals surface area contributed by atoms with Gasteiger partial charge in [-0.05, 0) is 223 Å². The average molecular weight is 1750 g/mol. The number of aryl methyl sites for hydroxylation is 3. The van der Waals surface area contributed by atoms with E-state index in [1.54, 1.807) is 0 Å². The highest BCUT2D eigenvalue weighted by atomic mass is 32.1. The van der Waals surface area contributed by atoms with Gasteiger partial charge in [0, 0.05) is 97.1 Å². The van der Waals surface area contributed by atoms with Gasteiger partial charge in [-0.25, -0.2) is 0 Å². The van der Waals surface area contributed by atoms with Crippen molar-refractivity contribution in [3.05, 3.63) is 308 Å². The summed E-state index contributed by atoms with van der Waals surface area (Å²) in [4.78, 5) is 14.7. The van der Waals surface area contributed by atoms with E-state index in [-0.39, 0.29) is 0 Å². The van der Waals surface area contributed by atoms with E-state index in [1.165, 1.54) is 259 Å². The largest absolute Gasteiger partial charge is 0.311 e. The van der Waals surface area contributed by atoms with Crippen LogP contribution in [0.1, 0.15) is 230 Å². The predicted molar refractivity (Wildman–Crippen MR) is 551 cm³/mol. The first-order chi connectivity index (χ1) is 62.5. The van der Waals surface area contributed by atoms with Gasteiger partial charge in [-0.15, -0.1) is 34.0 Å². The standard InChI is InChI=1S/C114H123N7S5/c1-4-7-10-13-16-19-22-25-28-37-52-88-81-104(122-112(88)85-67-73-97(74-68-85)119(91-55-40-31-41-56-91)92-57-42-32-43-58-92)102-84-101(108(111-109(102)116-126-118-111)106-83-90(54-39-30-27-24-21-18-15-12-9-6-3)114(124-106)87-71-77-99(78-72-87)121(95-63-48-35-49-64-95)96-65-50-36-51-66-96)100-79-80-103-110(117-125-115-103)107(100)105-82-89(53-38-29-26-23-20-17-14-11-8-5-2)113(123-105)86-69-75-98(76-70-86)120(93-59-44-33-45-60-93)94-61-46-34-47-62-94/h31-36,40-51,55-84H,4-30,37-39,52-54H2,1-3H3. The van der Waals surface area contributed by atoms with Gasteiger partial charge in [0.25, 0.3) is 0 Å². The number of hydrogen-bond donors (Lipinski definition) is 0. The second kappa shape index (κ2) is 46.3. The van der Waals surface area contributed by atoms with E-state index in [0.717, 1.165) is 140 Å². The summed E-state index contributed by atoms with van der Waals surface area (Å²) < 4.78 is 21.7. The fourth-order valence-corrected chi connectivity index (χ4v) is 23.3. The Labute approximate surface area is 771 Å². The zero-order valence-corrected chi connectivity index (χ0v) is 78.3. The first-order valence-electron chi connectivity index (χ1n) is 47.4. The molecule has 12 heteroatoms. The van der Waals surface area contributed by atoms with Crippen LogP contribution in [-0.2, 0) is 19.3 Å². The van der Waals surface area contributed by atoms with Gasteiger partial charge in [0.2, 0.25) is 0 Å². The molecule has 0 N–H and O–H groups in total. The van der Waals surface area contributed by atoms with Crippen molar-refractivity contribution in [1.82, 2.24) is 17.5 Å². The monoisotopic (exact) mass is 1750 g/mol. The molecule has 0 spiro atoms. The summed E-state index contributed by atoms with van der Waals surface area (Å²) in [5.41, 5.74) is 27.3. The van der Waals surface area contributed by atoms with E-state index in [9.17, 15) is 0 Å². The lowest BCUT2D eigenvalue weighted by molar-refractivity contribution is 0.556. The molecule has 0 saturated carbocycles. The third-order valence-electron chi connectivity index (χ3n) is 25.1. The van der Waals surface area contributed by atoms with Gasteiger partial charge >= 0.3 is 0 Å². The molecule has 0 bridgehead atoms. The van der Waals surface area contributed by atoms with Crippen LogP contribution in [0.25, 0.3) is 95.8 Å². The first kappa shape index (κ1) is 89.0. The van der Waals surface area contributed by atoms with Crippen LogP contribution >= 0.6 is 57.5 Å². The van der Waals surface area contributed by atoms with E-state index in [4.69, 9.17) is 17.5 Å². The third-order valence-corrected chi connectivity index (χ3v) is 29.9. The SMILES string of the molecule is CCCCCCCCCCCCc1cc(-c2c(-c3cc(-c4cc(CCCCCCCCCCCC)c(-c5ccc(N(c6ccccc6)c6ccccc6)cc5)s4)c4nsnc4c3-c3cc(CCCCCCCCCCCC)c(-c4ccc(N(c5ccccc5)c5ccccc5)cc4)s3)ccc3nsnc23)sc1-c1ccc(N(c2ccccc2)c2ccccc2)cc1. The fourth-order valence-electron chi connectivity index (χ4n) is 18.4. The number of para-hydroxylation sites is 6. The van der Waals surface area contributed by atoms with Crippen LogP contribution in [0.2, 0.25) is 0 Å². The number of unbranched alkanes of at least 4 members (excludes halogenated alkanes) is 27. The van der Waals surface area contributed by atoms with Gasteiger partial charge in [0.15, 0.2) is 0 Å². The topological polar surface area (TPSA) is 61.3 Å². The molecule has 644 valence electrons. The minimum absolute atomic E-state index is 0.911. The van der Waals surface area contributed by atoms with Gasteiger partial charge in [0.05, 0.1) is 23.5 Å². The zero-order valence-electron chi connectivity index (χ0n) is 74.2. The van der Waals surface area contributed by atoms with Gasteiger partial charge in [-0.2, -0.15) is 17.5 Å². The number of rotatable bonds is 49. The van der Waals surface area contributed by atoms with Crippen molar-refractivity contribution in [3.8, 4) is 73.8 Å². The number of hydrogen-bond acceptors (Lipinski definition) is 12. The third kappa shape index (κ3) is 22.6. The highest BCUT2D eigenvalue weighted by Crippen LogP contribution is 2.54. The van der Waals surface area contributed by atoms with E-state index in [1.807, 2.05) is 34.0 Å². The summed E-state index contributed by atoms with van der Waals surface area (Å²) in [6.07, 6.45) is 41.6. The first-order valence-corrected chi connectivity index (χ1v) is 51.4. The van der Waals surface area contributed by atoms with Gasteiger partial charge in [-0.3, -0.25) is 0 Å². The van der Waals surface area contributed by atoms with Crippen molar-refractivity contribution in [3.63, 3.8) is 0 Å². The lowest BCUT2D eigenvalue weighted by Gasteiger charge is -2.25. The van der Waals surface area contributed by atoms with Crippen LogP contribution in [0.4, 0.5) is 51.2 Å². The molecule has 0 aliphatic heterocycles. The van der Waals surface area contributed by atoms with Gasteiger partial charge in [0.1, 0.15) is 22.1 Å². The number of anilines is 9. The highest BCUT2D eigenvalue weighted by molar-refractivity contribution is 7.20. The minimum atomic E-state index is 0.911. The van der Waals surface area contributed by atoms with Crippen molar-refractivity contribution in [2.75, 3.05) is 14.7 Å². The summed E-state index contributed by atoms with van der Waals surface area (Å²) in [6, 6.07) is 108. The normalized spacial score (nSPS) is 11.5. The molecule has 11 aromatic carbocycles. The molecule has 0 amide bonds. The second-order valence-electron chi connectivity index (χ2n) is 34.3. The van der Waals surface area contributed by atoms with Crippen LogP contribution in [-0.4, -0.2) is 17.5 Å². The average Bonchev–Trinajstić information content (AvgIpc) is 1.55. The summed E-state index contributed by atoms with van der Waals surface area (Å²) >= 11 is 8.46. The van der Waals surface area contributed by atoms with Crippen LogP contribution in [0.5, 0.6) is 0 Å². The molecule has 0 aliphatic rings. The van der Waals surface area contributed by atoms with Crippen LogP contribution in [0.3, 0.4) is 0 Å². The predicted octanol–water partition coefficient (Wildman–Crippen LogP) is 37.3. The molecule has 7 nitrogen and oxygen atoms in total. The summed E-state index contributed by atoms with van der Waals surface area (Å²) in [7, 11) is 0. The Morgan fingerprint density at radius 2 is 0.476 bits per heavy atom.